The van der Waals surface area contributed by atoms with Crippen LogP contribution in [-0.4, -0.2) is 20.5 Å². The van der Waals surface area contributed by atoms with Gasteiger partial charge >= 0.3 is 5.97 Å². The van der Waals surface area contributed by atoms with E-state index >= 15 is 0 Å². The highest BCUT2D eigenvalue weighted by Gasteiger charge is 2.13. The number of carboxylic acid groups (broad SMARTS) is 1. The lowest BCUT2D eigenvalue weighted by atomic mass is 10.0. The number of carboxylic acids is 1. The molecule has 0 fully saturated rings. The van der Waals surface area contributed by atoms with Crippen LogP contribution in [0.4, 0.5) is 0 Å². The zero-order valence-electron chi connectivity index (χ0n) is 13.4. The van der Waals surface area contributed by atoms with Gasteiger partial charge in [0.15, 0.2) is 0 Å². The third-order valence-corrected chi connectivity index (χ3v) is 3.97. The molecule has 0 saturated heterocycles. The molecule has 0 radical (unpaired) electrons. The van der Waals surface area contributed by atoms with Crippen LogP contribution in [0, 0.1) is 20.8 Å². The van der Waals surface area contributed by atoms with Gasteiger partial charge in [0.1, 0.15) is 5.65 Å². The van der Waals surface area contributed by atoms with Crippen LogP contribution in [0.3, 0.4) is 0 Å². The molecule has 3 aromatic rings. The van der Waals surface area contributed by atoms with E-state index in [4.69, 9.17) is 10.1 Å². The molecule has 0 saturated carbocycles. The molecular weight excluding hydrogens is 288 g/mol. The van der Waals surface area contributed by atoms with E-state index in [0.717, 1.165) is 34.2 Å². The monoisotopic (exact) mass is 306 g/mol. The number of benzene rings is 1. The molecule has 3 rings (SSSR count). The smallest absolute Gasteiger partial charge is 0.328 e. The van der Waals surface area contributed by atoms with Gasteiger partial charge in [0.2, 0.25) is 0 Å². The molecule has 0 aliphatic heterocycles. The summed E-state index contributed by atoms with van der Waals surface area (Å²) in [5.41, 5.74) is 6.84. The van der Waals surface area contributed by atoms with E-state index in [2.05, 4.69) is 26.0 Å². The molecule has 0 aliphatic rings. The first-order valence-corrected chi connectivity index (χ1v) is 7.43. The van der Waals surface area contributed by atoms with Gasteiger partial charge < -0.3 is 5.11 Å². The van der Waals surface area contributed by atoms with Gasteiger partial charge in [-0.1, -0.05) is 18.2 Å². The van der Waals surface area contributed by atoms with E-state index in [0.29, 0.717) is 0 Å². The number of aliphatic carboxylic acids is 1. The molecule has 0 bridgehead atoms. The van der Waals surface area contributed by atoms with Gasteiger partial charge in [0.05, 0.1) is 11.4 Å². The lowest BCUT2D eigenvalue weighted by molar-refractivity contribution is -0.131. The Bertz CT molecular complexity index is 936. The Morgan fingerprint density at radius 2 is 1.91 bits per heavy atom. The first-order valence-electron chi connectivity index (χ1n) is 7.43. The van der Waals surface area contributed by atoms with E-state index in [9.17, 15) is 4.79 Å². The van der Waals surface area contributed by atoms with Gasteiger partial charge in [0.25, 0.3) is 0 Å². The van der Waals surface area contributed by atoms with E-state index in [-0.39, 0.29) is 0 Å². The number of aryl methyl sites for hydroxylation is 3. The van der Waals surface area contributed by atoms with Crippen LogP contribution in [0.2, 0.25) is 0 Å². The first kappa shape index (κ1) is 15.0. The number of fused-ring (bicyclic) bond motifs is 1. The molecule has 0 unspecified atom stereocenters. The van der Waals surface area contributed by atoms with E-state index in [1.165, 1.54) is 11.1 Å². The fourth-order valence-corrected chi connectivity index (χ4v) is 2.58. The molecule has 116 valence electrons. The highest BCUT2D eigenvalue weighted by atomic mass is 16.4. The Hall–Kier alpha value is -2.88. The summed E-state index contributed by atoms with van der Waals surface area (Å²) in [5.74, 6) is -0.973. The first-order chi connectivity index (χ1) is 11.0. The summed E-state index contributed by atoms with van der Waals surface area (Å²) in [4.78, 5) is 15.6. The van der Waals surface area contributed by atoms with Gasteiger partial charge in [-0.25, -0.2) is 9.78 Å². The molecule has 0 spiro atoms. The molecule has 2 aromatic heterocycles. The second kappa shape index (κ2) is 5.72. The summed E-state index contributed by atoms with van der Waals surface area (Å²) >= 11 is 0. The number of imidazole rings is 1. The second-order valence-corrected chi connectivity index (χ2v) is 5.75. The standard InChI is InChI=1S/C19H18N2O2/c1-12-4-8-17-20-19(15-6-5-13(2)14(3)10-15)16(21(17)11-12)7-9-18(22)23/h4-11H,1-3H3,(H,22,23)/b9-7+. The van der Waals surface area contributed by atoms with Crippen LogP contribution in [-0.2, 0) is 4.79 Å². The summed E-state index contributed by atoms with van der Waals surface area (Å²) in [6.07, 6.45) is 4.72. The number of nitrogens with zero attached hydrogens (tertiary/aromatic N) is 2. The van der Waals surface area contributed by atoms with Crippen molar-refractivity contribution in [2.75, 3.05) is 0 Å². The maximum atomic E-state index is 10.9. The van der Waals surface area contributed by atoms with Crippen molar-refractivity contribution in [3.05, 3.63) is 65.0 Å². The summed E-state index contributed by atoms with van der Waals surface area (Å²) in [6.45, 7) is 6.13. The average Bonchev–Trinajstić information content (AvgIpc) is 2.85. The third kappa shape index (κ3) is 2.88. The normalized spacial score (nSPS) is 11.4. The summed E-state index contributed by atoms with van der Waals surface area (Å²) in [7, 11) is 0. The number of rotatable bonds is 3. The molecule has 4 nitrogen and oxygen atoms in total. The highest BCUT2D eigenvalue weighted by molar-refractivity contribution is 5.87. The number of hydrogen-bond donors (Lipinski definition) is 1. The lowest BCUT2D eigenvalue weighted by Crippen LogP contribution is -1.92. The molecule has 1 N–H and O–H groups in total. The molecule has 4 heteroatoms. The van der Waals surface area contributed by atoms with Crippen LogP contribution < -0.4 is 0 Å². The SMILES string of the molecule is Cc1ccc2nc(-c3ccc(C)c(C)c3)c(/C=C/C(=O)O)n2c1. The minimum absolute atomic E-state index is 0.773. The number of hydrogen-bond acceptors (Lipinski definition) is 2. The molecule has 1 aromatic carbocycles. The van der Waals surface area contributed by atoms with Gasteiger partial charge in [-0.2, -0.15) is 0 Å². The Morgan fingerprint density at radius 3 is 2.61 bits per heavy atom. The Kier molecular flexibility index (Phi) is 3.74. The van der Waals surface area contributed by atoms with Crippen LogP contribution >= 0.6 is 0 Å². The minimum atomic E-state index is -0.973. The zero-order chi connectivity index (χ0) is 16.6. The Morgan fingerprint density at radius 1 is 1.13 bits per heavy atom. The van der Waals surface area contributed by atoms with Gasteiger partial charge in [-0.05, 0) is 55.7 Å². The van der Waals surface area contributed by atoms with E-state index < -0.39 is 5.97 Å². The molecule has 0 atom stereocenters. The van der Waals surface area contributed by atoms with Crippen molar-refractivity contribution in [3.8, 4) is 11.3 Å². The Balaban J connectivity index is 2.28. The highest BCUT2D eigenvalue weighted by Crippen LogP contribution is 2.27. The Labute approximate surface area is 134 Å². The third-order valence-electron chi connectivity index (χ3n) is 3.97. The van der Waals surface area contributed by atoms with Crippen LogP contribution in [0.1, 0.15) is 22.4 Å². The molecule has 0 aliphatic carbocycles. The largest absolute Gasteiger partial charge is 0.478 e. The maximum absolute atomic E-state index is 10.9. The van der Waals surface area contributed by atoms with Gasteiger partial charge in [0, 0.05) is 17.8 Å². The number of pyridine rings is 1. The fourth-order valence-electron chi connectivity index (χ4n) is 2.58. The van der Waals surface area contributed by atoms with Crippen molar-refractivity contribution >= 4 is 17.7 Å². The molecule has 2 heterocycles. The topological polar surface area (TPSA) is 54.6 Å². The van der Waals surface area contributed by atoms with Gasteiger partial charge in [-0.3, -0.25) is 4.40 Å². The summed E-state index contributed by atoms with van der Waals surface area (Å²) in [5, 5.41) is 8.96. The molecule has 23 heavy (non-hydrogen) atoms. The number of carbonyl (C=O) groups is 1. The minimum Gasteiger partial charge on any atom is -0.478 e. The van der Waals surface area contributed by atoms with Crippen molar-refractivity contribution in [3.63, 3.8) is 0 Å². The lowest BCUT2D eigenvalue weighted by Gasteiger charge is -2.04. The fraction of sp³-hybridized carbons (Fsp3) is 0.158. The van der Waals surface area contributed by atoms with Crippen molar-refractivity contribution in [2.24, 2.45) is 0 Å². The van der Waals surface area contributed by atoms with E-state index in [1.807, 2.05) is 35.7 Å². The predicted molar refractivity (Wildman–Crippen MR) is 91.5 cm³/mol. The molecule has 0 amide bonds. The second-order valence-electron chi connectivity index (χ2n) is 5.75. The number of aromatic nitrogens is 2. The van der Waals surface area contributed by atoms with Gasteiger partial charge in [-0.15, -0.1) is 0 Å². The van der Waals surface area contributed by atoms with Crippen LogP contribution in [0.5, 0.6) is 0 Å². The average molecular weight is 306 g/mol. The van der Waals surface area contributed by atoms with Crippen molar-refractivity contribution < 1.29 is 9.90 Å². The maximum Gasteiger partial charge on any atom is 0.328 e. The summed E-state index contributed by atoms with van der Waals surface area (Å²) < 4.78 is 1.93. The van der Waals surface area contributed by atoms with Crippen molar-refractivity contribution in [1.82, 2.24) is 9.38 Å². The van der Waals surface area contributed by atoms with Crippen LogP contribution in [0.25, 0.3) is 23.0 Å². The summed E-state index contributed by atoms with van der Waals surface area (Å²) in [6, 6.07) is 10.1. The van der Waals surface area contributed by atoms with Crippen molar-refractivity contribution in [1.29, 1.82) is 0 Å². The van der Waals surface area contributed by atoms with Crippen LogP contribution in [0.15, 0.2) is 42.6 Å². The van der Waals surface area contributed by atoms with E-state index in [1.54, 1.807) is 6.08 Å². The predicted octanol–water partition coefficient (Wildman–Crippen LogP) is 4.02. The molecular formula is C19H18N2O2. The van der Waals surface area contributed by atoms with Crippen molar-refractivity contribution in [2.45, 2.75) is 20.8 Å². The quantitative estimate of drug-likeness (QED) is 0.743. The zero-order valence-corrected chi connectivity index (χ0v) is 13.4.